The number of hydrogen-bond acceptors (Lipinski definition) is 7. The van der Waals surface area contributed by atoms with Crippen LogP contribution in [0.4, 0.5) is 10.7 Å². The number of aromatic amines is 1. The molecule has 1 aromatic rings. The van der Waals surface area contributed by atoms with Crippen LogP contribution in [0.3, 0.4) is 0 Å². The van der Waals surface area contributed by atoms with Crippen LogP contribution in [-0.4, -0.2) is 50.8 Å². The van der Waals surface area contributed by atoms with E-state index in [-0.39, 0.29) is 11.8 Å². The molecule has 0 spiro atoms. The number of oxime groups is 1. The maximum atomic E-state index is 11.5. The Balaban J connectivity index is 2.80. The molecule has 20 heavy (non-hydrogen) atoms. The van der Waals surface area contributed by atoms with E-state index in [4.69, 9.17) is 9.84 Å². The minimum absolute atomic E-state index is 0.140. The first kappa shape index (κ1) is 15.4. The zero-order valence-electron chi connectivity index (χ0n) is 11.4. The van der Waals surface area contributed by atoms with E-state index < -0.39 is 23.4 Å². The van der Waals surface area contributed by atoms with Gasteiger partial charge in [-0.3, -0.25) is 10.4 Å². The van der Waals surface area contributed by atoms with Gasteiger partial charge in [-0.15, -0.1) is 5.10 Å². The van der Waals surface area contributed by atoms with Crippen molar-refractivity contribution in [2.45, 2.75) is 26.4 Å². The molecule has 0 aromatic carbocycles. The first-order valence-corrected chi connectivity index (χ1v) is 5.50. The number of carbonyl (C=O) groups is 2. The smallest absolute Gasteiger partial charge is 0.414 e. The van der Waals surface area contributed by atoms with Gasteiger partial charge in [-0.2, -0.15) is 4.98 Å². The summed E-state index contributed by atoms with van der Waals surface area (Å²) >= 11 is 0. The molecule has 10 heteroatoms. The van der Waals surface area contributed by atoms with Crippen molar-refractivity contribution in [1.29, 1.82) is 0 Å². The Kier molecular flexibility index (Phi) is 4.62. The van der Waals surface area contributed by atoms with Crippen LogP contribution in [0, 0.1) is 0 Å². The quantitative estimate of drug-likeness (QED) is 0.543. The monoisotopic (exact) mass is 285 g/mol. The second-order valence-electron chi connectivity index (χ2n) is 4.56. The summed E-state index contributed by atoms with van der Waals surface area (Å²) < 4.78 is 4.99. The Labute approximate surface area is 114 Å². The molecule has 1 amide bonds. The van der Waals surface area contributed by atoms with Gasteiger partial charge in [-0.05, 0) is 20.8 Å². The van der Waals surface area contributed by atoms with Crippen molar-refractivity contribution in [3.05, 3.63) is 5.82 Å². The molecule has 0 aliphatic heterocycles. The molecule has 0 atom stereocenters. The minimum Gasteiger partial charge on any atom is -0.476 e. The van der Waals surface area contributed by atoms with Gasteiger partial charge in [-0.25, -0.2) is 9.59 Å². The number of hydrogen-bond donors (Lipinski definition) is 3. The molecular formula is C10H15N5O5. The van der Waals surface area contributed by atoms with Crippen LogP contribution in [0.1, 0.15) is 26.6 Å². The molecule has 0 saturated carbocycles. The number of amides is 1. The van der Waals surface area contributed by atoms with Crippen molar-refractivity contribution in [2.75, 3.05) is 12.4 Å². The highest BCUT2D eigenvalue weighted by molar-refractivity contribution is 6.41. The maximum absolute atomic E-state index is 11.5. The molecule has 0 fully saturated rings. The Bertz CT molecular complexity index is 530. The van der Waals surface area contributed by atoms with E-state index in [2.05, 4.69) is 30.5 Å². The van der Waals surface area contributed by atoms with E-state index in [1.165, 1.54) is 7.11 Å². The lowest BCUT2D eigenvalue weighted by atomic mass is 10.2. The number of nitrogens with zero attached hydrogens (tertiary/aromatic N) is 3. The number of carboxylic acids is 1. The molecule has 0 saturated heterocycles. The largest absolute Gasteiger partial charge is 0.476 e. The van der Waals surface area contributed by atoms with Gasteiger partial charge in [0.05, 0.1) is 0 Å². The van der Waals surface area contributed by atoms with Gasteiger partial charge in [0.2, 0.25) is 5.71 Å². The van der Waals surface area contributed by atoms with Crippen LogP contribution >= 0.6 is 0 Å². The van der Waals surface area contributed by atoms with E-state index in [1.54, 1.807) is 20.8 Å². The van der Waals surface area contributed by atoms with Crippen LogP contribution < -0.4 is 5.32 Å². The Morgan fingerprint density at radius 1 is 1.40 bits per heavy atom. The summed E-state index contributed by atoms with van der Waals surface area (Å²) in [5.74, 6) is -1.66. The second-order valence-corrected chi connectivity index (χ2v) is 4.56. The summed E-state index contributed by atoms with van der Waals surface area (Å²) in [6.45, 7) is 5.09. The number of carbonyl (C=O) groups excluding carboxylic acids is 1. The maximum Gasteiger partial charge on any atom is 0.414 e. The molecule has 1 aromatic heterocycles. The van der Waals surface area contributed by atoms with Gasteiger partial charge in [0, 0.05) is 0 Å². The summed E-state index contributed by atoms with van der Waals surface area (Å²) in [4.78, 5) is 30.5. The van der Waals surface area contributed by atoms with Gasteiger partial charge in [0.25, 0.3) is 5.95 Å². The summed E-state index contributed by atoms with van der Waals surface area (Å²) in [7, 11) is 1.19. The fourth-order valence-corrected chi connectivity index (χ4v) is 1.09. The molecular weight excluding hydrogens is 270 g/mol. The van der Waals surface area contributed by atoms with Gasteiger partial charge in [-0.1, -0.05) is 5.16 Å². The first-order valence-electron chi connectivity index (χ1n) is 5.50. The summed E-state index contributed by atoms with van der Waals surface area (Å²) in [5.41, 5.74) is -1.15. The first-order chi connectivity index (χ1) is 9.23. The number of H-pyrrole nitrogens is 1. The average Bonchev–Trinajstić information content (AvgIpc) is 2.70. The molecule has 0 aliphatic rings. The molecule has 0 unspecified atom stereocenters. The van der Waals surface area contributed by atoms with E-state index in [0.717, 1.165) is 0 Å². The number of ether oxygens (including phenoxy) is 1. The highest BCUT2D eigenvalue weighted by atomic mass is 16.6. The number of nitrogens with one attached hydrogen (secondary N) is 2. The van der Waals surface area contributed by atoms with Gasteiger partial charge in [0.15, 0.2) is 5.82 Å². The summed E-state index contributed by atoms with van der Waals surface area (Å²) in [6, 6.07) is 0. The van der Waals surface area contributed by atoms with Crippen LogP contribution in [0.25, 0.3) is 0 Å². The zero-order valence-corrected chi connectivity index (χ0v) is 11.4. The number of anilines is 1. The van der Waals surface area contributed by atoms with Gasteiger partial charge >= 0.3 is 12.1 Å². The lowest BCUT2D eigenvalue weighted by Gasteiger charge is -2.18. The van der Waals surface area contributed by atoms with Crippen molar-refractivity contribution in [2.24, 2.45) is 5.16 Å². The number of carboxylic acid groups (broad SMARTS) is 1. The highest BCUT2D eigenvalue weighted by Gasteiger charge is 2.21. The molecule has 110 valence electrons. The third-order valence-corrected chi connectivity index (χ3v) is 1.71. The molecule has 1 rings (SSSR count). The van der Waals surface area contributed by atoms with E-state index in [0.29, 0.717) is 0 Å². The predicted molar refractivity (Wildman–Crippen MR) is 67.4 cm³/mol. The second kappa shape index (κ2) is 5.99. The Morgan fingerprint density at radius 2 is 2.05 bits per heavy atom. The number of rotatable bonds is 4. The van der Waals surface area contributed by atoms with E-state index in [1.807, 2.05) is 0 Å². The number of aromatic nitrogens is 3. The van der Waals surface area contributed by atoms with Crippen molar-refractivity contribution >= 4 is 23.7 Å². The molecule has 3 N–H and O–H groups in total. The summed E-state index contributed by atoms with van der Waals surface area (Å²) in [5, 5.41) is 20.4. The third kappa shape index (κ3) is 4.55. The third-order valence-electron chi connectivity index (χ3n) is 1.71. The zero-order chi connectivity index (χ0) is 15.3. The average molecular weight is 285 g/mol. The molecule has 0 radical (unpaired) electrons. The predicted octanol–water partition coefficient (Wildman–Crippen LogP) is 0.587. The Hall–Kier alpha value is -2.65. The Morgan fingerprint density at radius 3 is 2.55 bits per heavy atom. The normalized spacial score (nSPS) is 11.9. The fourth-order valence-electron chi connectivity index (χ4n) is 1.09. The van der Waals surface area contributed by atoms with Crippen LogP contribution in [-0.2, 0) is 14.4 Å². The molecule has 10 nitrogen and oxygen atoms in total. The van der Waals surface area contributed by atoms with Crippen LogP contribution in [0.2, 0.25) is 0 Å². The fraction of sp³-hybridized carbons (Fsp3) is 0.500. The van der Waals surface area contributed by atoms with Crippen molar-refractivity contribution < 1.29 is 24.3 Å². The minimum atomic E-state index is -1.35. The van der Waals surface area contributed by atoms with E-state index in [9.17, 15) is 9.59 Å². The SMILES string of the molecule is CO/N=C(\C(=O)O)c1nc(NC(=O)OC(C)(C)C)n[nH]1. The van der Waals surface area contributed by atoms with Crippen molar-refractivity contribution in [3.63, 3.8) is 0 Å². The van der Waals surface area contributed by atoms with Gasteiger partial charge in [0.1, 0.15) is 12.7 Å². The lowest BCUT2D eigenvalue weighted by molar-refractivity contribution is -0.129. The molecule has 0 bridgehead atoms. The van der Waals surface area contributed by atoms with Crippen molar-refractivity contribution in [3.8, 4) is 0 Å². The molecule has 0 aliphatic carbocycles. The lowest BCUT2D eigenvalue weighted by Crippen LogP contribution is -2.27. The van der Waals surface area contributed by atoms with E-state index >= 15 is 0 Å². The standard InChI is InChI=1S/C10H15N5O5/c1-10(2,3)20-9(18)12-8-11-6(13-14-8)5(7(16)17)15-19-4/h1-4H3,(H,16,17)(H2,11,12,13,14,18)/b15-5-. The van der Waals surface area contributed by atoms with Crippen molar-refractivity contribution in [1.82, 2.24) is 15.2 Å². The van der Waals surface area contributed by atoms with Crippen LogP contribution in [0.15, 0.2) is 5.16 Å². The highest BCUT2D eigenvalue weighted by Crippen LogP contribution is 2.09. The summed E-state index contributed by atoms with van der Waals surface area (Å²) in [6.07, 6.45) is -0.761. The number of aliphatic carboxylic acids is 1. The van der Waals surface area contributed by atoms with Gasteiger partial charge < -0.3 is 14.7 Å². The van der Waals surface area contributed by atoms with Crippen LogP contribution in [0.5, 0.6) is 0 Å². The topological polar surface area (TPSA) is 139 Å². The molecule has 1 heterocycles.